The summed E-state index contributed by atoms with van der Waals surface area (Å²) in [6.45, 7) is 1.01. The standard InChI is InChI=1S/C11H16N2/c1-13(10-6-5-9-12)11-7-3-2-4-8-11/h2-4,7-9,12H,5-6,10H2,1H3. The molecule has 1 N–H and O–H groups in total. The van der Waals surface area contributed by atoms with Crippen LogP contribution in [0, 0.1) is 5.41 Å². The molecule has 0 unspecified atom stereocenters. The fourth-order valence-electron chi connectivity index (χ4n) is 1.24. The Bertz CT molecular complexity index is 244. The van der Waals surface area contributed by atoms with E-state index in [0.717, 1.165) is 19.4 Å². The Kier molecular flexibility index (Phi) is 4.03. The van der Waals surface area contributed by atoms with Crippen molar-refractivity contribution in [3.8, 4) is 0 Å². The Hall–Kier alpha value is -1.31. The topological polar surface area (TPSA) is 27.1 Å². The molecule has 0 bridgehead atoms. The van der Waals surface area contributed by atoms with Gasteiger partial charge in [0, 0.05) is 19.3 Å². The minimum atomic E-state index is 0.872. The molecule has 70 valence electrons. The fraction of sp³-hybridized carbons (Fsp3) is 0.364. The van der Waals surface area contributed by atoms with Crippen LogP contribution in [0.15, 0.2) is 30.3 Å². The van der Waals surface area contributed by atoms with Crippen LogP contribution in [-0.2, 0) is 0 Å². The van der Waals surface area contributed by atoms with Crippen molar-refractivity contribution in [2.24, 2.45) is 0 Å². The molecule has 0 saturated carbocycles. The van der Waals surface area contributed by atoms with E-state index >= 15 is 0 Å². The van der Waals surface area contributed by atoms with E-state index in [4.69, 9.17) is 5.41 Å². The molecule has 1 aromatic rings. The van der Waals surface area contributed by atoms with Crippen LogP contribution in [0.25, 0.3) is 0 Å². The number of nitrogens with zero attached hydrogens (tertiary/aromatic N) is 1. The highest BCUT2D eigenvalue weighted by Crippen LogP contribution is 2.10. The summed E-state index contributed by atoms with van der Waals surface area (Å²) in [6, 6.07) is 10.3. The van der Waals surface area contributed by atoms with Crippen molar-refractivity contribution in [3.63, 3.8) is 0 Å². The molecule has 0 saturated heterocycles. The van der Waals surface area contributed by atoms with Gasteiger partial charge in [0.05, 0.1) is 0 Å². The van der Waals surface area contributed by atoms with Crippen molar-refractivity contribution in [2.45, 2.75) is 12.8 Å². The molecular formula is C11H16N2. The molecule has 0 amide bonds. The Morgan fingerprint density at radius 1 is 1.31 bits per heavy atom. The van der Waals surface area contributed by atoms with E-state index in [1.807, 2.05) is 18.2 Å². The smallest absolute Gasteiger partial charge is 0.0363 e. The molecule has 2 nitrogen and oxygen atoms in total. The molecular weight excluding hydrogens is 160 g/mol. The molecule has 0 aliphatic rings. The molecule has 0 atom stereocenters. The minimum Gasteiger partial charge on any atom is -0.375 e. The Morgan fingerprint density at radius 2 is 2.00 bits per heavy atom. The summed E-state index contributed by atoms with van der Waals surface area (Å²) in [5.74, 6) is 0. The average molecular weight is 176 g/mol. The minimum absolute atomic E-state index is 0.872. The molecule has 0 fully saturated rings. The number of hydrogen-bond donors (Lipinski definition) is 1. The molecule has 0 radical (unpaired) electrons. The number of nitrogens with one attached hydrogen (secondary N) is 1. The quantitative estimate of drug-likeness (QED) is 0.541. The van der Waals surface area contributed by atoms with Gasteiger partial charge in [-0.25, -0.2) is 0 Å². The van der Waals surface area contributed by atoms with Crippen molar-refractivity contribution in [1.29, 1.82) is 5.41 Å². The van der Waals surface area contributed by atoms with Gasteiger partial charge in [-0.05, 0) is 31.2 Å². The van der Waals surface area contributed by atoms with Gasteiger partial charge in [-0.15, -0.1) is 0 Å². The van der Waals surface area contributed by atoms with Gasteiger partial charge in [0.25, 0.3) is 0 Å². The second-order valence-electron chi connectivity index (χ2n) is 3.10. The molecule has 1 rings (SSSR count). The number of benzene rings is 1. The summed E-state index contributed by atoms with van der Waals surface area (Å²) >= 11 is 0. The second-order valence-corrected chi connectivity index (χ2v) is 3.10. The zero-order chi connectivity index (χ0) is 9.52. The van der Waals surface area contributed by atoms with Crippen molar-refractivity contribution in [3.05, 3.63) is 30.3 Å². The van der Waals surface area contributed by atoms with E-state index in [9.17, 15) is 0 Å². The predicted octanol–water partition coefficient (Wildman–Crippen LogP) is 2.55. The molecule has 1 aromatic carbocycles. The molecule has 13 heavy (non-hydrogen) atoms. The third-order valence-electron chi connectivity index (χ3n) is 2.04. The lowest BCUT2D eigenvalue weighted by Gasteiger charge is -2.18. The summed E-state index contributed by atoms with van der Waals surface area (Å²) in [5, 5.41) is 6.91. The maximum Gasteiger partial charge on any atom is 0.0363 e. The van der Waals surface area contributed by atoms with Gasteiger partial charge in [-0.3, -0.25) is 0 Å². The van der Waals surface area contributed by atoms with E-state index in [1.165, 1.54) is 11.9 Å². The van der Waals surface area contributed by atoms with Crippen molar-refractivity contribution in [2.75, 3.05) is 18.5 Å². The van der Waals surface area contributed by atoms with Gasteiger partial charge in [0.15, 0.2) is 0 Å². The van der Waals surface area contributed by atoms with Crippen LogP contribution in [0.2, 0.25) is 0 Å². The maximum atomic E-state index is 6.91. The van der Waals surface area contributed by atoms with Crippen LogP contribution in [0.1, 0.15) is 12.8 Å². The summed E-state index contributed by atoms with van der Waals surface area (Å²) in [7, 11) is 2.08. The van der Waals surface area contributed by atoms with Crippen molar-refractivity contribution < 1.29 is 0 Å². The predicted molar refractivity (Wildman–Crippen MR) is 57.7 cm³/mol. The average Bonchev–Trinajstić information content (AvgIpc) is 2.19. The van der Waals surface area contributed by atoms with E-state index in [2.05, 4.69) is 24.1 Å². The van der Waals surface area contributed by atoms with Crippen LogP contribution in [0.3, 0.4) is 0 Å². The maximum absolute atomic E-state index is 6.91. The first-order chi connectivity index (χ1) is 6.34. The lowest BCUT2D eigenvalue weighted by atomic mass is 10.2. The Morgan fingerprint density at radius 3 is 2.62 bits per heavy atom. The highest BCUT2D eigenvalue weighted by molar-refractivity contribution is 5.53. The molecule has 0 spiro atoms. The molecule has 0 aromatic heterocycles. The van der Waals surface area contributed by atoms with Crippen LogP contribution in [-0.4, -0.2) is 19.8 Å². The second kappa shape index (κ2) is 5.36. The highest BCUT2D eigenvalue weighted by Gasteiger charge is 1.97. The SMILES string of the molecule is CN(CCCC=N)c1ccccc1. The van der Waals surface area contributed by atoms with E-state index < -0.39 is 0 Å². The van der Waals surface area contributed by atoms with E-state index in [0.29, 0.717) is 0 Å². The number of unbranched alkanes of at least 4 members (excludes halogenated alkanes) is 1. The summed E-state index contributed by atoms with van der Waals surface area (Å²) in [5.41, 5.74) is 1.24. The fourth-order valence-corrected chi connectivity index (χ4v) is 1.24. The van der Waals surface area contributed by atoms with Crippen LogP contribution < -0.4 is 4.90 Å². The number of rotatable bonds is 5. The summed E-state index contributed by atoms with van der Waals surface area (Å²) in [6.07, 6.45) is 3.39. The van der Waals surface area contributed by atoms with Crippen LogP contribution >= 0.6 is 0 Å². The highest BCUT2D eigenvalue weighted by atomic mass is 15.1. The van der Waals surface area contributed by atoms with Gasteiger partial charge < -0.3 is 10.3 Å². The summed E-state index contributed by atoms with van der Waals surface area (Å²) in [4.78, 5) is 2.21. The number of hydrogen-bond acceptors (Lipinski definition) is 2. The first kappa shape index (κ1) is 9.78. The summed E-state index contributed by atoms with van der Waals surface area (Å²) < 4.78 is 0. The van der Waals surface area contributed by atoms with Gasteiger partial charge in [-0.2, -0.15) is 0 Å². The number of para-hydroxylation sites is 1. The number of anilines is 1. The molecule has 0 heterocycles. The lowest BCUT2D eigenvalue weighted by molar-refractivity contribution is 0.821. The van der Waals surface area contributed by atoms with E-state index in [1.54, 1.807) is 0 Å². The van der Waals surface area contributed by atoms with Crippen molar-refractivity contribution >= 4 is 11.9 Å². The Labute approximate surface area is 79.7 Å². The van der Waals surface area contributed by atoms with Gasteiger partial charge in [0.2, 0.25) is 0 Å². The lowest BCUT2D eigenvalue weighted by Crippen LogP contribution is -2.18. The molecule has 2 heteroatoms. The van der Waals surface area contributed by atoms with Crippen molar-refractivity contribution in [1.82, 2.24) is 0 Å². The molecule has 0 aliphatic heterocycles. The van der Waals surface area contributed by atoms with Gasteiger partial charge in [0.1, 0.15) is 0 Å². The van der Waals surface area contributed by atoms with Crippen LogP contribution in [0.4, 0.5) is 5.69 Å². The Balaban J connectivity index is 2.39. The first-order valence-electron chi connectivity index (χ1n) is 4.59. The van der Waals surface area contributed by atoms with E-state index in [-0.39, 0.29) is 0 Å². The van der Waals surface area contributed by atoms with Gasteiger partial charge >= 0.3 is 0 Å². The van der Waals surface area contributed by atoms with Crippen LogP contribution in [0.5, 0.6) is 0 Å². The largest absolute Gasteiger partial charge is 0.375 e. The monoisotopic (exact) mass is 176 g/mol. The molecule has 0 aliphatic carbocycles. The zero-order valence-electron chi connectivity index (χ0n) is 8.03. The third kappa shape index (κ3) is 3.28. The van der Waals surface area contributed by atoms with Gasteiger partial charge in [-0.1, -0.05) is 18.2 Å². The first-order valence-corrected chi connectivity index (χ1v) is 4.59. The normalized spacial score (nSPS) is 9.62. The third-order valence-corrected chi connectivity index (χ3v) is 2.04. The zero-order valence-corrected chi connectivity index (χ0v) is 8.03.